The average Bonchev–Trinajstić information content (AvgIpc) is 2.66. The van der Waals surface area contributed by atoms with Crippen molar-refractivity contribution in [3.8, 4) is 34.5 Å². The van der Waals surface area contributed by atoms with E-state index in [1.807, 2.05) is 12.1 Å². The second kappa shape index (κ2) is 8.62. The maximum Gasteiger partial charge on any atom is 0.164 e. The smallest absolute Gasteiger partial charge is 0.164 e. The maximum absolute atomic E-state index is 5.48. The summed E-state index contributed by atoms with van der Waals surface area (Å²) >= 11 is 1.47. The van der Waals surface area contributed by atoms with Gasteiger partial charge in [0.15, 0.2) is 23.0 Å². The predicted octanol–water partition coefficient (Wildman–Crippen LogP) is 3.89. The van der Waals surface area contributed by atoms with Crippen LogP contribution in [0.5, 0.6) is 34.5 Å². The Morgan fingerprint density at radius 3 is 1.00 bits per heavy atom. The van der Waals surface area contributed by atoms with Gasteiger partial charge in [-0.05, 0) is 0 Å². The summed E-state index contributed by atoms with van der Waals surface area (Å²) in [6, 6.07) is 7.29. The minimum Gasteiger partial charge on any atom is -0.495 e. The van der Waals surface area contributed by atoms with Gasteiger partial charge >= 0.3 is 0 Å². The van der Waals surface area contributed by atoms with Crippen LogP contribution in [-0.2, 0) is 0 Å². The lowest BCUT2D eigenvalue weighted by molar-refractivity contribution is 0.345. The van der Waals surface area contributed by atoms with Crippen LogP contribution in [0.1, 0.15) is 0 Å². The van der Waals surface area contributed by atoms with E-state index in [2.05, 4.69) is 0 Å². The molecular formula is C18H22O6S. The van der Waals surface area contributed by atoms with Crippen molar-refractivity contribution in [3.63, 3.8) is 0 Å². The zero-order valence-corrected chi connectivity index (χ0v) is 16.0. The second-order valence-electron chi connectivity index (χ2n) is 4.82. The number of ether oxygens (including phenoxy) is 6. The standard InChI is InChI=1S/C18H22O6S/c1-19-11-7-15(23-5)17(9-13(11)21-3)25-18-10-14(22-4)12(20-2)8-16(18)24-6/h7-10H,1-6H3. The van der Waals surface area contributed by atoms with Gasteiger partial charge in [-0.15, -0.1) is 0 Å². The SMILES string of the molecule is COc1cc(OC)c(Sc2cc(OC)c(OC)cc2OC)cc1OC. The molecule has 0 aliphatic rings. The third-order valence-corrected chi connectivity index (χ3v) is 4.64. The molecular weight excluding hydrogens is 344 g/mol. The normalized spacial score (nSPS) is 10.2. The number of rotatable bonds is 8. The molecule has 0 spiro atoms. The molecule has 25 heavy (non-hydrogen) atoms. The molecule has 0 saturated heterocycles. The Bertz CT molecular complexity index is 670. The first-order valence-corrected chi connectivity index (χ1v) is 8.21. The molecule has 2 rings (SSSR count). The van der Waals surface area contributed by atoms with Crippen molar-refractivity contribution in [2.75, 3.05) is 42.7 Å². The monoisotopic (exact) mass is 366 g/mol. The van der Waals surface area contributed by atoms with E-state index in [1.165, 1.54) is 11.8 Å². The molecule has 2 aromatic carbocycles. The van der Waals surface area contributed by atoms with Crippen molar-refractivity contribution in [2.24, 2.45) is 0 Å². The van der Waals surface area contributed by atoms with Crippen LogP contribution in [0.4, 0.5) is 0 Å². The summed E-state index contributed by atoms with van der Waals surface area (Å²) in [4.78, 5) is 1.70. The van der Waals surface area contributed by atoms with Gasteiger partial charge in [0.25, 0.3) is 0 Å². The zero-order valence-electron chi connectivity index (χ0n) is 15.2. The highest BCUT2D eigenvalue weighted by Gasteiger charge is 2.17. The van der Waals surface area contributed by atoms with Crippen molar-refractivity contribution in [3.05, 3.63) is 24.3 Å². The number of hydrogen-bond donors (Lipinski definition) is 0. The molecule has 0 amide bonds. The lowest BCUT2D eigenvalue weighted by Crippen LogP contribution is -1.96. The molecule has 6 nitrogen and oxygen atoms in total. The van der Waals surface area contributed by atoms with E-state index in [9.17, 15) is 0 Å². The minimum absolute atomic E-state index is 0.600. The maximum atomic E-state index is 5.48. The topological polar surface area (TPSA) is 55.4 Å². The highest BCUT2D eigenvalue weighted by atomic mass is 32.2. The first kappa shape index (κ1) is 18.9. The van der Waals surface area contributed by atoms with Gasteiger partial charge in [0, 0.05) is 24.3 Å². The van der Waals surface area contributed by atoms with Gasteiger partial charge in [0.2, 0.25) is 0 Å². The lowest BCUT2D eigenvalue weighted by atomic mass is 10.3. The number of methoxy groups -OCH3 is 6. The summed E-state index contributed by atoms with van der Waals surface area (Å²) in [5.41, 5.74) is 0. The van der Waals surface area contributed by atoms with Gasteiger partial charge in [0.1, 0.15) is 11.5 Å². The molecule has 0 unspecified atom stereocenters. The fourth-order valence-corrected chi connectivity index (χ4v) is 3.33. The van der Waals surface area contributed by atoms with E-state index in [0.717, 1.165) is 9.79 Å². The third-order valence-electron chi connectivity index (χ3n) is 3.56. The van der Waals surface area contributed by atoms with Crippen molar-refractivity contribution in [1.29, 1.82) is 0 Å². The minimum atomic E-state index is 0.600. The summed E-state index contributed by atoms with van der Waals surface area (Å²) in [6.07, 6.45) is 0. The van der Waals surface area contributed by atoms with Crippen molar-refractivity contribution < 1.29 is 28.4 Å². The highest BCUT2D eigenvalue weighted by Crippen LogP contribution is 2.47. The molecule has 2 aromatic rings. The molecule has 0 atom stereocenters. The molecule has 0 aliphatic heterocycles. The first-order valence-electron chi connectivity index (χ1n) is 7.39. The lowest BCUT2D eigenvalue weighted by Gasteiger charge is -2.16. The molecule has 0 saturated carbocycles. The summed E-state index contributed by atoms with van der Waals surface area (Å²) < 4.78 is 32.4. The van der Waals surface area contributed by atoms with Gasteiger partial charge < -0.3 is 28.4 Å². The Morgan fingerprint density at radius 1 is 0.440 bits per heavy atom. The largest absolute Gasteiger partial charge is 0.495 e. The van der Waals surface area contributed by atoms with Crippen LogP contribution >= 0.6 is 11.8 Å². The third kappa shape index (κ3) is 3.99. The van der Waals surface area contributed by atoms with Crippen molar-refractivity contribution >= 4 is 11.8 Å². The number of benzene rings is 2. The zero-order chi connectivity index (χ0) is 18.4. The molecule has 0 radical (unpaired) electrons. The fraction of sp³-hybridized carbons (Fsp3) is 0.333. The molecule has 7 heteroatoms. The van der Waals surface area contributed by atoms with Crippen molar-refractivity contribution in [1.82, 2.24) is 0 Å². The molecule has 0 heterocycles. The van der Waals surface area contributed by atoms with Crippen molar-refractivity contribution in [2.45, 2.75) is 9.79 Å². The van der Waals surface area contributed by atoms with Crippen LogP contribution in [0.25, 0.3) is 0 Å². The second-order valence-corrected chi connectivity index (χ2v) is 5.90. The Balaban J connectivity index is 2.51. The van der Waals surface area contributed by atoms with E-state index in [4.69, 9.17) is 28.4 Å². The molecule has 0 aliphatic carbocycles. The van der Waals surface area contributed by atoms with Crippen LogP contribution in [0.15, 0.2) is 34.1 Å². The van der Waals surface area contributed by atoms with Gasteiger partial charge in [-0.1, -0.05) is 11.8 Å². The van der Waals surface area contributed by atoms with E-state index in [-0.39, 0.29) is 0 Å². The molecule has 0 fully saturated rings. The summed E-state index contributed by atoms with van der Waals surface area (Å²) in [5, 5.41) is 0. The number of hydrogen-bond acceptors (Lipinski definition) is 7. The summed E-state index contributed by atoms with van der Waals surface area (Å²) in [7, 11) is 9.57. The highest BCUT2D eigenvalue weighted by molar-refractivity contribution is 7.99. The Hall–Kier alpha value is -2.41. The Kier molecular flexibility index (Phi) is 6.52. The van der Waals surface area contributed by atoms with Gasteiger partial charge in [-0.25, -0.2) is 0 Å². The van der Waals surface area contributed by atoms with E-state index in [1.54, 1.807) is 54.8 Å². The molecule has 0 N–H and O–H groups in total. The Morgan fingerprint density at radius 2 is 0.720 bits per heavy atom. The quantitative estimate of drug-likeness (QED) is 0.702. The van der Waals surface area contributed by atoms with Gasteiger partial charge in [-0.2, -0.15) is 0 Å². The first-order chi connectivity index (χ1) is 12.1. The molecule has 0 aromatic heterocycles. The molecule has 136 valence electrons. The van der Waals surface area contributed by atoms with Crippen LogP contribution in [0.3, 0.4) is 0 Å². The van der Waals surface area contributed by atoms with Gasteiger partial charge in [0.05, 0.1) is 52.4 Å². The van der Waals surface area contributed by atoms with E-state index in [0.29, 0.717) is 34.5 Å². The van der Waals surface area contributed by atoms with E-state index >= 15 is 0 Å². The summed E-state index contributed by atoms with van der Waals surface area (Å²) in [5.74, 6) is 3.76. The predicted molar refractivity (Wildman–Crippen MR) is 96.3 cm³/mol. The van der Waals surface area contributed by atoms with Crippen LogP contribution in [0.2, 0.25) is 0 Å². The van der Waals surface area contributed by atoms with Gasteiger partial charge in [-0.3, -0.25) is 0 Å². The molecule has 0 bridgehead atoms. The average molecular weight is 366 g/mol. The van der Waals surface area contributed by atoms with Crippen LogP contribution in [0, 0.1) is 0 Å². The summed E-state index contributed by atoms with van der Waals surface area (Å²) in [6.45, 7) is 0. The van der Waals surface area contributed by atoms with Crippen LogP contribution < -0.4 is 28.4 Å². The fourth-order valence-electron chi connectivity index (χ4n) is 2.28. The van der Waals surface area contributed by atoms with E-state index < -0.39 is 0 Å². The Labute approximate surface area is 151 Å². The van der Waals surface area contributed by atoms with Crippen LogP contribution in [-0.4, -0.2) is 42.7 Å².